The molecule has 0 saturated carbocycles. The maximum Gasteiger partial charge on any atom is 0.264 e. The van der Waals surface area contributed by atoms with Gasteiger partial charge in [-0.3, -0.25) is 0 Å². The Morgan fingerprint density at radius 3 is 2.67 bits per heavy atom. The lowest BCUT2D eigenvalue weighted by Crippen LogP contribution is -1.95. The largest absolute Gasteiger partial charge is 0.484 e. The highest BCUT2D eigenvalue weighted by atomic mass is 79.9. The van der Waals surface area contributed by atoms with Gasteiger partial charge in [0.05, 0.1) is 11.6 Å². The number of halogens is 1. The van der Waals surface area contributed by atoms with Gasteiger partial charge in [-0.1, -0.05) is 5.16 Å². The van der Waals surface area contributed by atoms with Crippen LogP contribution in [0.2, 0.25) is 0 Å². The number of hydrogen-bond acceptors (Lipinski definition) is 6. The molecular formula is C14H8BrN3O3. The summed E-state index contributed by atoms with van der Waals surface area (Å²) < 4.78 is 16.5. The number of rotatable bonds is 4. The Morgan fingerprint density at radius 1 is 1.19 bits per heavy atom. The summed E-state index contributed by atoms with van der Waals surface area (Å²) in [5, 5.41) is 12.5. The Kier molecular flexibility index (Phi) is 3.71. The second kappa shape index (κ2) is 5.81. The van der Waals surface area contributed by atoms with Crippen molar-refractivity contribution in [2.75, 3.05) is 0 Å². The zero-order chi connectivity index (χ0) is 14.7. The molecule has 1 aromatic carbocycles. The molecule has 2 heterocycles. The smallest absolute Gasteiger partial charge is 0.264 e. The Bertz CT molecular complexity index is 786. The van der Waals surface area contributed by atoms with Crippen LogP contribution in [0.3, 0.4) is 0 Å². The number of nitriles is 1. The molecule has 0 radical (unpaired) electrons. The number of hydrogen-bond donors (Lipinski definition) is 0. The van der Waals surface area contributed by atoms with Crippen LogP contribution < -0.4 is 4.74 Å². The summed E-state index contributed by atoms with van der Waals surface area (Å²) in [6.45, 7) is 0.140. The van der Waals surface area contributed by atoms with Crippen molar-refractivity contribution in [1.82, 2.24) is 10.1 Å². The van der Waals surface area contributed by atoms with Gasteiger partial charge in [-0.15, -0.1) is 0 Å². The molecule has 0 fully saturated rings. The molecule has 0 saturated heterocycles. The quantitative estimate of drug-likeness (QED) is 0.718. The summed E-state index contributed by atoms with van der Waals surface area (Å²) >= 11 is 3.21. The van der Waals surface area contributed by atoms with Crippen LogP contribution in [-0.2, 0) is 6.61 Å². The van der Waals surface area contributed by atoms with E-state index in [0.717, 1.165) is 0 Å². The molecule has 0 spiro atoms. The first-order valence-electron chi connectivity index (χ1n) is 5.96. The van der Waals surface area contributed by atoms with Gasteiger partial charge in [-0.05, 0) is 52.3 Å². The van der Waals surface area contributed by atoms with E-state index in [-0.39, 0.29) is 6.61 Å². The first-order chi connectivity index (χ1) is 10.2. The molecular weight excluding hydrogens is 338 g/mol. The van der Waals surface area contributed by atoms with Gasteiger partial charge in [0.25, 0.3) is 5.89 Å². The fourth-order valence-corrected chi connectivity index (χ4v) is 1.93. The van der Waals surface area contributed by atoms with Gasteiger partial charge >= 0.3 is 0 Å². The summed E-state index contributed by atoms with van der Waals surface area (Å²) in [5.74, 6) is 1.82. The van der Waals surface area contributed by atoms with Gasteiger partial charge in [0.15, 0.2) is 17.0 Å². The van der Waals surface area contributed by atoms with Gasteiger partial charge < -0.3 is 13.7 Å². The first kappa shape index (κ1) is 13.4. The van der Waals surface area contributed by atoms with Crippen molar-refractivity contribution in [2.45, 2.75) is 6.61 Å². The van der Waals surface area contributed by atoms with Crippen molar-refractivity contribution in [3.8, 4) is 23.4 Å². The van der Waals surface area contributed by atoms with Crippen LogP contribution in [-0.4, -0.2) is 10.1 Å². The van der Waals surface area contributed by atoms with E-state index in [1.165, 1.54) is 0 Å². The standard InChI is InChI=1S/C14H8BrN3O3/c15-12-6-5-11(20-12)14-17-13(21-18-14)8-19-10-3-1-9(7-16)2-4-10/h1-6H,8H2. The molecule has 0 amide bonds. The molecule has 21 heavy (non-hydrogen) atoms. The second-order valence-corrected chi connectivity index (χ2v) is 4.82. The highest BCUT2D eigenvalue weighted by Crippen LogP contribution is 2.22. The van der Waals surface area contributed by atoms with Crippen LogP contribution >= 0.6 is 15.9 Å². The van der Waals surface area contributed by atoms with E-state index in [1.54, 1.807) is 36.4 Å². The number of benzene rings is 1. The Labute approximate surface area is 128 Å². The summed E-state index contributed by atoms with van der Waals surface area (Å²) in [5.41, 5.74) is 0.575. The number of ether oxygens (including phenoxy) is 1. The first-order valence-corrected chi connectivity index (χ1v) is 6.75. The van der Waals surface area contributed by atoms with Crippen LogP contribution in [0.15, 0.2) is 50.0 Å². The Morgan fingerprint density at radius 2 is 2.00 bits per heavy atom. The number of furan rings is 1. The van der Waals surface area contributed by atoms with Gasteiger partial charge in [0, 0.05) is 0 Å². The molecule has 0 aliphatic carbocycles. The van der Waals surface area contributed by atoms with Crippen molar-refractivity contribution in [3.63, 3.8) is 0 Å². The van der Waals surface area contributed by atoms with Crippen LogP contribution in [0.5, 0.6) is 5.75 Å². The van der Waals surface area contributed by atoms with E-state index in [9.17, 15) is 0 Å². The van der Waals surface area contributed by atoms with Gasteiger partial charge in [-0.2, -0.15) is 10.2 Å². The van der Waals surface area contributed by atoms with Crippen LogP contribution in [0.25, 0.3) is 11.6 Å². The molecule has 2 aromatic heterocycles. The van der Waals surface area contributed by atoms with Crippen LogP contribution in [0, 0.1) is 11.3 Å². The lowest BCUT2D eigenvalue weighted by molar-refractivity contribution is 0.243. The maximum absolute atomic E-state index is 8.71. The zero-order valence-electron chi connectivity index (χ0n) is 10.6. The Hall–Kier alpha value is -2.59. The summed E-state index contributed by atoms with van der Waals surface area (Å²) in [6.07, 6.45) is 0. The minimum absolute atomic E-state index is 0.140. The molecule has 0 bridgehead atoms. The number of aromatic nitrogens is 2. The van der Waals surface area contributed by atoms with E-state index in [1.807, 2.05) is 6.07 Å². The lowest BCUT2D eigenvalue weighted by atomic mass is 10.2. The zero-order valence-corrected chi connectivity index (χ0v) is 12.2. The molecule has 0 unspecified atom stereocenters. The SMILES string of the molecule is N#Cc1ccc(OCc2nc(-c3ccc(Br)o3)no2)cc1. The predicted octanol–water partition coefficient (Wildman–Crippen LogP) is 3.54. The van der Waals surface area contributed by atoms with Gasteiger partial charge in [0.1, 0.15) is 5.75 Å². The normalized spacial score (nSPS) is 10.3. The van der Waals surface area contributed by atoms with Gasteiger partial charge in [0.2, 0.25) is 5.82 Å². The molecule has 0 aliphatic heterocycles. The van der Waals surface area contributed by atoms with Crippen molar-refractivity contribution in [1.29, 1.82) is 5.26 Å². The minimum atomic E-state index is 0.140. The van der Waals surface area contributed by atoms with E-state index >= 15 is 0 Å². The summed E-state index contributed by atoms with van der Waals surface area (Å²) in [4.78, 5) is 4.17. The highest BCUT2D eigenvalue weighted by molar-refractivity contribution is 9.10. The number of nitrogens with zero attached hydrogens (tertiary/aromatic N) is 3. The molecule has 0 atom stereocenters. The van der Waals surface area contributed by atoms with Crippen LogP contribution in [0.4, 0.5) is 0 Å². The second-order valence-electron chi connectivity index (χ2n) is 4.04. The van der Waals surface area contributed by atoms with Gasteiger partial charge in [-0.25, -0.2) is 0 Å². The average Bonchev–Trinajstić information content (AvgIpc) is 3.14. The van der Waals surface area contributed by atoms with Crippen molar-refractivity contribution >= 4 is 15.9 Å². The van der Waals surface area contributed by atoms with Crippen molar-refractivity contribution < 1.29 is 13.7 Å². The third kappa shape index (κ3) is 3.12. The third-order valence-corrected chi connectivity index (χ3v) is 3.03. The maximum atomic E-state index is 8.71. The van der Waals surface area contributed by atoms with E-state index in [0.29, 0.717) is 33.5 Å². The highest BCUT2D eigenvalue weighted by Gasteiger charge is 2.12. The molecule has 0 N–H and O–H groups in total. The topological polar surface area (TPSA) is 85.1 Å². The third-order valence-electron chi connectivity index (χ3n) is 2.61. The minimum Gasteiger partial charge on any atom is -0.484 e. The fourth-order valence-electron chi connectivity index (χ4n) is 1.62. The molecule has 3 aromatic rings. The van der Waals surface area contributed by atoms with E-state index in [4.69, 9.17) is 18.9 Å². The summed E-state index contributed by atoms with van der Waals surface area (Å²) in [7, 11) is 0. The molecule has 104 valence electrons. The van der Waals surface area contributed by atoms with Crippen molar-refractivity contribution in [2.24, 2.45) is 0 Å². The van der Waals surface area contributed by atoms with E-state index in [2.05, 4.69) is 26.1 Å². The van der Waals surface area contributed by atoms with Crippen molar-refractivity contribution in [3.05, 3.63) is 52.5 Å². The predicted molar refractivity (Wildman–Crippen MR) is 75.2 cm³/mol. The molecule has 7 heteroatoms. The van der Waals surface area contributed by atoms with Crippen LogP contribution in [0.1, 0.15) is 11.5 Å². The molecule has 6 nitrogen and oxygen atoms in total. The Balaban J connectivity index is 1.66. The molecule has 3 rings (SSSR count). The lowest BCUT2D eigenvalue weighted by Gasteiger charge is -2.01. The van der Waals surface area contributed by atoms with E-state index < -0.39 is 0 Å². The summed E-state index contributed by atoms with van der Waals surface area (Å²) in [6, 6.07) is 12.3. The monoisotopic (exact) mass is 345 g/mol. The molecule has 0 aliphatic rings. The average molecular weight is 346 g/mol. The fraction of sp³-hybridized carbons (Fsp3) is 0.0714.